The van der Waals surface area contributed by atoms with Gasteiger partial charge in [-0.05, 0) is 36.4 Å². The average molecular weight is 294 g/mol. The Morgan fingerprint density at radius 2 is 1.10 bits per heavy atom. The molecule has 0 radical (unpaired) electrons. The van der Waals surface area contributed by atoms with Gasteiger partial charge in [0.2, 0.25) is 0 Å². The van der Waals surface area contributed by atoms with Crippen LogP contribution in [0, 0.1) is 0 Å². The highest BCUT2D eigenvalue weighted by Gasteiger charge is 2.02. The second-order valence-corrected chi connectivity index (χ2v) is 6.50. The summed E-state index contributed by atoms with van der Waals surface area (Å²) in [6.45, 7) is 0. The molecule has 0 saturated carbocycles. The Kier molecular flexibility index (Phi) is 2.83. The van der Waals surface area contributed by atoms with Crippen LogP contribution in [0.2, 0.25) is 0 Å². The topological polar surface area (TPSA) is 25.8 Å². The van der Waals surface area contributed by atoms with Crippen LogP contribution in [0.5, 0.6) is 0 Å². The number of thiazole rings is 2. The molecule has 0 atom stereocenters. The molecular formula is C16H10N2S2. The number of para-hydroxylation sites is 2. The number of nitrogens with zero attached hydrogens (tertiary/aromatic N) is 2. The van der Waals surface area contributed by atoms with Crippen LogP contribution >= 0.6 is 22.7 Å². The van der Waals surface area contributed by atoms with Crippen LogP contribution in [0.15, 0.2) is 48.5 Å². The molecule has 2 aromatic heterocycles. The molecule has 0 unspecified atom stereocenters. The molecule has 2 aromatic carbocycles. The van der Waals surface area contributed by atoms with Gasteiger partial charge in [0.05, 0.1) is 20.4 Å². The van der Waals surface area contributed by atoms with Gasteiger partial charge in [0.15, 0.2) is 0 Å². The van der Waals surface area contributed by atoms with Gasteiger partial charge in [-0.2, -0.15) is 0 Å². The molecule has 0 bridgehead atoms. The van der Waals surface area contributed by atoms with Gasteiger partial charge in [-0.25, -0.2) is 9.97 Å². The van der Waals surface area contributed by atoms with Crippen LogP contribution in [0.4, 0.5) is 0 Å². The standard InChI is InChI=1S/C16H10N2S2/c1-3-7-13-11(5-1)17-15(19-13)9-10-16-18-12-6-2-4-8-14(12)20-16/h1-10H. The van der Waals surface area contributed by atoms with Crippen molar-refractivity contribution in [2.75, 3.05) is 0 Å². The van der Waals surface area contributed by atoms with Crippen LogP contribution < -0.4 is 0 Å². The zero-order valence-electron chi connectivity index (χ0n) is 10.5. The Balaban J connectivity index is 1.70. The Morgan fingerprint density at radius 1 is 0.650 bits per heavy atom. The third-order valence-electron chi connectivity index (χ3n) is 2.99. The monoisotopic (exact) mass is 294 g/mol. The molecule has 0 spiro atoms. The summed E-state index contributed by atoms with van der Waals surface area (Å²) in [5.74, 6) is 0. The van der Waals surface area contributed by atoms with E-state index in [9.17, 15) is 0 Å². The number of hydrogen-bond acceptors (Lipinski definition) is 4. The Hall–Kier alpha value is -2.04. The third kappa shape index (κ3) is 2.13. The van der Waals surface area contributed by atoms with E-state index in [2.05, 4.69) is 22.1 Å². The summed E-state index contributed by atoms with van der Waals surface area (Å²) in [4.78, 5) is 9.18. The van der Waals surface area contributed by atoms with Crippen LogP contribution in [0.3, 0.4) is 0 Å². The molecule has 4 rings (SSSR count). The van der Waals surface area contributed by atoms with E-state index in [1.807, 2.05) is 48.6 Å². The molecule has 4 heteroatoms. The number of aromatic nitrogens is 2. The molecule has 4 aromatic rings. The van der Waals surface area contributed by atoms with Crippen molar-refractivity contribution in [1.29, 1.82) is 0 Å². The van der Waals surface area contributed by atoms with Crippen molar-refractivity contribution in [3.8, 4) is 0 Å². The van der Waals surface area contributed by atoms with Gasteiger partial charge < -0.3 is 0 Å². The second kappa shape index (κ2) is 4.81. The van der Waals surface area contributed by atoms with Gasteiger partial charge in [0, 0.05) is 0 Å². The van der Waals surface area contributed by atoms with Gasteiger partial charge in [0.1, 0.15) is 10.0 Å². The number of benzene rings is 2. The molecule has 0 fully saturated rings. The predicted molar refractivity (Wildman–Crippen MR) is 88.2 cm³/mol. The lowest BCUT2D eigenvalue weighted by molar-refractivity contribution is 1.45. The Bertz CT molecular complexity index is 776. The zero-order valence-corrected chi connectivity index (χ0v) is 12.1. The van der Waals surface area contributed by atoms with Gasteiger partial charge in [0.25, 0.3) is 0 Å². The van der Waals surface area contributed by atoms with E-state index in [-0.39, 0.29) is 0 Å². The number of fused-ring (bicyclic) bond motifs is 2. The highest BCUT2D eigenvalue weighted by Crippen LogP contribution is 2.25. The molecule has 2 nitrogen and oxygen atoms in total. The maximum atomic E-state index is 4.59. The van der Waals surface area contributed by atoms with E-state index in [4.69, 9.17) is 0 Å². The maximum Gasteiger partial charge on any atom is 0.117 e. The van der Waals surface area contributed by atoms with E-state index in [0.717, 1.165) is 21.0 Å². The predicted octanol–water partition coefficient (Wildman–Crippen LogP) is 5.08. The number of rotatable bonds is 2. The summed E-state index contributed by atoms with van der Waals surface area (Å²) >= 11 is 3.40. The molecule has 96 valence electrons. The van der Waals surface area contributed by atoms with Crippen molar-refractivity contribution in [3.05, 3.63) is 58.5 Å². The minimum atomic E-state index is 1.02. The highest BCUT2D eigenvalue weighted by molar-refractivity contribution is 7.20. The third-order valence-corrected chi connectivity index (χ3v) is 4.99. The number of hydrogen-bond donors (Lipinski definition) is 0. The van der Waals surface area contributed by atoms with Crippen LogP contribution in [-0.4, -0.2) is 9.97 Å². The fourth-order valence-corrected chi connectivity index (χ4v) is 3.81. The molecule has 2 heterocycles. The van der Waals surface area contributed by atoms with Gasteiger partial charge >= 0.3 is 0 Å². The first-order valence-electron chi connectivity index (χ1n) is 6.28. The van der Waals surface area contributed by atoms with Crippen LogP contribution in [-0.2, 0) is 0 Å². The molecule has 0 aliphatic carbocycles. The van der Waals surface area contributed by atoms with E-state index in [1.54, 1.807) is 22.7 Å². The summed E-state index contributed by atoms with van der Waals surface area (Å²) in [6, 6.07) is 16.4. The fraction of sp³-hybridized carbons (Fsp3) is 0. The summed E-state index contributed by atoms with van der Waals surface area (Å²) in [5, 5.41) is 2.04. The van der Waals surface area contributed by atoms with Gasteiger partial charge in [-0.15, -0.1) is 22.7 Å². The van der Waals surface area contributed by atoms with Crippen molar-refractivity contribution in [1.82, 2.24) is 9.97 Å². The summed E-state index contributed by atoms with van der Waals surface area (Å²) in [5.41, 5.74) is 2.11. The minimum Gasteiger partial charge on any atom is -0.237 e. The van der Waals surface area contributed by atoms with E-state index in [0.29, 0.717) is 0 Å². The molecule has 0 saturated heterocycles. The molecule has 0 aliphatic heterocycles. The summed E-state index contributed by atoms with van der Waals surface area (Å²) < 4.78 is 2.44. The van der Waals surface area contributed by atoms with Crippen molar-refractivity contribution in [3.63, 3.8) is 0 Å². The molecule has 0 N–H and O–H groups in total. The van der Waals surface area contributed by atoms with Gasteiger partial charge in [-0.1, -0.05) is 24.3 Å². The second-order valence-electron chi connectivity index (χ2n) is 4.37. The highest BCUT2D eigenvalue weighted by atomic mass is 32.1. The van der Waals surface area contributed by atoms with Crippen molar-refractivity contribution >= 4 is 55.3 Å². The lowest BCUT2D eigenvalue weighted by Crippen LogP contribution is -1.70. The smallest absolute Gasteiger partial charge is 0.117 e. The van der Waals surface area contributed by atoms with Crippen LogP contribution in [0.25, 0.3) is 32.6 Å². The fourth-order valence-electron chi connectivity index (χ4n) is 2.07. The zero-order chi connectivity index (χ0) is 13.4. The first kappa shape index (κ1) is 11.8. The summed E-state index contributed by atoms with van der Waals surface area (Å²) in [6.07, 6.45) is 4.09. The normalized spacial score (nSPS) is 11.8. The van der Waals surface area contributed by atoms with Crippen molar-refractivity contribution in [2.45, 2.75) is 0 Å². The minimum absolute atomic E-state index is 1.02. The average Bonchev–Trinajstić information content (AvgIpc) is 3.07. The molecule has 0 aliphatic rings. The van der Waals surface area contributed by atoms with E-state index >= 15 is 0 Å². The van der Waals surface area contributed by atoms with Crippen LogP contribution in [0.1, 0.15) is 10.0 Å². The van der Waals surface area contributed by atoms with E-state index < -0.39 is 0 Å². The lowest BCUT2D eigenvalue weighted by atomic mass is 10.3. The Labute approximate surface area is 124 Å². The summed E-state index contributed by atoms with van der Waals surface area (Å²) in [7, 11) is 0. The van der Waals surface area contributed by atoms with Crippen molar-refractivity contribution < 1.29 is 0 Å². The molecule has 0 amide bonds. The first-order valence-corrected chi connectivity index (χ1v) is 7.91. The Morgan fingerprint density at radius 3 is 1.55 bits per heavy atom. The molecular weight excluding hydrogens is 284 g/mol. The largest absolute Gasteiger partial charge is 0.237 e. The lowest BCUT2D eigenvalue weighted by Gasteiger charge is -1.81. The first-order chi connectivity index (χ1) is 9.88. The van der Waals surface area contributed by atoms with Gasteiger partial charge in [-0.3, -0.25) is 0 Å². The quantitative estimate of drug-likeness (QED) is 0.515. The SMILES string of the molecule is C(=Cc1nc2ccccc2s1)c1nc2ccccc2s1. The van der Waals surface area contributed by atoms with E-state index in [1.165, 1.54) is 9.40 Å². The maximum absolute atomic E-state index is 4.59. The molecule has 20 heavy (non-hydrogen) atoms. The van der Waals surface area contributed by atoms with Crippen molar-refractivity contribution in [2.24, 2.45) is 0 Å².